The number of phenolic OH excluding ortho intramolecular Hbond substituents is 1. The van der Waals surface area contributed by atoms with E-state index in [1.165, 1.54) is 21.1 Å². The molecule has 3 aromatic rings. The maximum Gasteiger partial charge on any atom is 0.127 e. The molecule has 0 aliphatic carbocycles. The van der Waals surface area contributed by atoms with E-state index < -0.39 is 0 Å². The predicted molar refractivity (Wildman–Crippen MR) is 194 cm³/mol. The third-order valence-electron chi connectivity index (χ3n) is 6.25. The van der Waals surface area contributed by atoms with Gasteiger partial charge in [0.1, 0.15) is 18.1 Å². The lowest BCUT2D eigenvalue weighted by atomic mass is 9.90. The van der Waals surface area contributed by atoms with Crippen LogP contribution in [0.5, 0.6) is 11.5 Å². The molecule has 4 nitrogen and oxygen atoms in total. The first-order valence-corrected chi connectivity index (χ1v) is 17.5. The molecule has 0 saturated carbocycles. The summed E-state index contributed by atoms with van der Waals surface area (Å²) in [5.41, 5.74) is 4.92. The Labute approximate surface area is 271 Å². The molecule has 5 heteroatoms. The van der Waals surface area contributed by atoms with Gasteiger partial charge in [-0.15, -0.1) is 0 Å². The second-order valence-electron chi connectivity index (χ2n) is 8.80. The molecule has 2 aliphatic heterocycles. The Hall–Kier alpha value is -2.35. The van der Waals surface area contributed by atoms with Crippen molar-refractivity contribution in [3.8, 4) is 11.5 Å². The van der Waals surface area contributed by atoms with Crippen LogP contribution in [-0.2, 0) is 6.61 Å². The molecule has 5 rings (SSSR count). The summed E-state index contributed by atoms with van der Waals surface area (Å²) in [5, 5.41) is 16.3. The minimum Gasteiger partial charge on any atom is -0.508 e. The summed E-state index contributed by atoms with van der Waals surface area (Å²) in [5.74, 6) is 1.97. The average molecular weight is 689 g/mol. The maximum atomic E-state index is 9.64. The Bertz CT molecular complexity index is 1050. The second-order valence-corrected chi connectivity index (χ2v) is 10.3. The molecule has 0 amide bonds. The average Bonchev–Trinajstić information content (AvgIpc) is 3.09. The number of piperidine rings is 1. The van der Waals surface area contributed by atoms with E-state index in [2.05, 4.69) is 76.6 Å². The minimum absolute atomic E-state index is 0.453. The summed E-state index contributed by atoms with van der Waals surface area (Å²) in [4.78, 5) is 0. The fraction of sp³-hybridized carbons (Fsp3) is 0.459. The van der Waals surface area contributed by atoms with Crippen LogP contribution >= 0.6 is 22.6 Å². The van der Waals surface area contributed by atoms with Crippen LogP contribution in [0.25, 0.3) is 5.57 Å². The molecule has 0 unspecified atom stereocenters. The fourth-order valence-electron chi connectivity index (χ4n) is 4.43. The molecule has 0 bridgehead atoms. The first kappa shape index (κ1) is 39.6. The summed E-state index contributed by atoms with van der Waals surface area (Å²) in [6.07, 6.45) is 5.59. The zero-order chi connectivity index (χ0) is 31.4. The highest BCUT2D eigenvalue weighted by molar-refractivity contribution is 14.1. The number of hydrogen-bond acceptors (Lipinski definition) is 4. The van der Waals surface area contributed by atoms with E-state index in [1.807, 2.05) is 84.0 Å². The SMILES string of the molecule is C1=C(c2ccccc2OCc2ccccc2)CCNC1.CC.CC.CC.CCI.Oc1ccccc1C1CCNCC1. The van der Waals surface area contributed by atoms with Gasteiger partial charge in [0.15, 0.2) is 0 Å². The van der Waals surface area contributed by atoms with Crippen molar-refractivity contribution in [3.05, 3.63) is 102 Å². The molecule has 0 atom stereocenters. The predicted octanol–water partition coefficient (Wildman–Crippen LogP) is 10.0. The van der Waals surface area contributed by atoms with Gasteiger partial charge in [-0.3, -0.25) is 0 Å². The Morgan fingerprint density at radius 2 is 1.33 bits per heavy atom. The van der Waals surface area contributed by atoms with Crippen LogP contribution in [0.3, 0.4) is 0 Å². The summed E-state index contributed by atoms with van der Waals surface area (Å²) in [6.45, 7) is 18.9. The van der Waals surface area contributed by atoms with E-state index >= 15 is 0 Å². The molecule has 42 heavy (non-hydrogen) atoms. The second kappa shape index (κ2) is 27.5. The Kier molecular flexibility index (Phi) is 25.9. The smallest absolute Gasteiger partial charge is 0.127 e. The van der Waals surface area contributed by atoms with Crippen molar-refractivity contribution in [2.24, 2.45) is 0 Å². The summed E-state index contributed by atoms with van der Waals surface area (Å²) >= 11 is 2.29. The van der Waals surface area contributed by atoms with E-state index in [-0.39, 0.29) is 0 Å². The third kappa shape index (κ3) is 15.8. The van der Waals surface area contributed by atoms with Crippen LogP contribution in [0, 0.1) is 0 Å². The molecular weight excluding hydrogens is 631 g/mol. The Balaban J connectivity index is 0.000000660. The van der Waals surface area contributed by atoms with Gasteiger partial charge in [0, 0.05) is 12.1 Å². The van der Waals surface area contributed by atoms with Crippen LogP contribution in [0.15, 0.2) is 84.9 Å². The van der Waals surface area contributed by atoms with Crippen LogP contribution in [0.4, 0.5) is 0 Å². The molecule has 0 aromatic heterocycles. The highest BCUT2D eigenvalue weighted by Gasteiger charge is 2.17. The molecule has 0 radical (unpaired) electrons. The summed E-state index contributed by atoms with van der Waals surface area (Å²) in [6, 6.07) is 26.3. The number of alkyl halides is 1. The molecule has 2 aliphatic rings. The first-order valence-electron chi connectivity index (χ1n) is 15.9. The van der Waals surface area contributed by atoms with Crippen LogP contribution in [0.1, 0.15) is 90.3 Å². The highest BCUT2D eigenvalue weighted by atomic mass is 127. The number of rotatable bonds is 5. The quantitative estimate of drug-likeness (QED) is 0.185. The normalized spacial score (nSPS) is 13.7. The van der Waals surface area contributed by atoms with E-state index in [9.17, 15) is 5.11 Å². The van der Waals surface area contributed by atoms with Gasteiger partial charge in [-0.25, -0.2) is 0 Å². The number of benzene rings is 3. The number of halogens is 1. The fourth-order valence-corrected chi connectivity index (χ4v) is 4.43. The van der Waals surface area contributed by atoms with Crippen LogP contribution < -0.4 is 15.4 Å². The largest absolute Gasteiger partial charge is 0.508 e. The van der Waals surface area contributed by atoms with E-state index in [4.69, 9.17) is 4.74 Å². The molecule has 234 valence electrons. The molecule has 1 fully saturated rings. The third-order valence-corrected chi connectivity index (χ3v) is 6.25. The van der Waals surface area contributed by atoms with E-state index in [0.29, 0.717) is 18.3 Å². The van der Waals surface area contributed by atoms with Gasteiger partial charge in [-0.1, -0.05) is 144 Å². The molecule has 2 heterocycles. The zero-order valence-corrected chi connectivity index (χ0v) is 29.4. The number of aromatic hydroxyl groups is 1. The molecule has 1 saturated heterocycles. The molecular formula is C37H57IN2O2. The topological polar surface area (TPSA) is 53.5 Å². The monoisotopic (exact) mass is 688 g/mol. The molecule has 3 N–H and O–H groups in total. The van der Waals surface area contributed by atoms with Gasteiger partial charge in [0.25, 0.3) is 0 Å². The lowest BCUT2D eigenvalue weighted by Gasteiger charge is -2.23. The highest BCUT2D eigenvalue weighted by Crippen LogP contribution is 2.31. The minimum atomic E-state index is 0.453. The first-order chi connectivity index (χ1) is 20.7. The van der Waals surface area contributed by atoms with Crippen molar-refractivity contribution in [1.29, 1.82) is 0 Å². The summed E-state index contributed by atoms with van der Waals surface area (Å²) < 4.78 is 7.24. The van der Waals surface area contributed by atoms with E-state index in [1.54, 1.807) is 6.07 Å². The number of phenols is 1. The zero-order valence-electron chi connectivity index (χ0n) is 27.3. The van der Waals surface area contributed by atoms with Crippen LogP contribution in [0.2, 0.25) is 0 Å². The van der Waals surface area contributed by atoms with Crippen molar-refractivity contribution in [2.75, 3.05) is 30.6 Å². The van der Waals surface area contributed by atoms with Gasteiger partial charge in [0.2, 0.25) is 0 Å². The Morgan fingerprint density at radius 3 is 1.93 bits per heavy atom. The number of ether oxygens (including phenoxy) is 1. The standard InChI is InChI=1S/C18H19NO.C11H15NO.C2H5I.3C2H6/c1-2-6-15(7-3-1)14-20-18-9-5-4-8-17(18)16-10-12-19-13-11-16;13-11-4-2-1-3-10(11)9-5-7-12-8-6-9;1-2-3;3*1-2/h1-10,19H,11-14H2;1-4,9,12-13H,5-8H2;2H2,1H3;3*1-2H3. The van der Waals surface area contributed by atoms with Crippen molar-refractivity contribution < 1.29 is 9.84 Å². The summed E-state index contributed by atoms with van der Waals surface area (Å²) in [7, 11) is 0. The van der Waals surface area contributed by atoms with Gasteiger partial charge in [-0.2, -0.15) is 0 Å². The number of nitrogens with one attached hydrogen (secondary N) is 2. The lowest BCUT2D eigenvalue weighted by molar-refractivity contribution is 0.305. The van der Waals surface area contributed by atoms with E-state index in [0.717, 1.165) is 56.8 Å². The van der Waals surface area contributed by atoms with Crippen LogP contribution in [-0.4, -0.2) is 35.7 Å². The van der Waals surface area contributed by atoms with Gasteiger partial charge in [0.05, 0.1) is 0 Å². The van der Waals surface area contributed by atoms with Crippen molar-refractivity contribution in [2.45, 2.75) is 80.3 Å². The number of para-hydroxylation sites is 2. The van der Waals surface area contributed by atoms with Crippen molar-refractivity contribution in [3.63, 3.8) is 0 Å². The van der Waals surface area contributed by atoms with Crippen molar-refractivity contribution in [1.82, 2.24) is 10.6 Å². The van der Waals surface area contributed by atoms with Gasteiger partial charge < -0.3 is 20.5 Å². The number of hydrogen-bond donors (Lipinski definition) is 3. The molecule has 3 aromatic carbocycles. The Morgan fingerprint density at radius 1 is 0.762 bits per heavy atom. The lowest BCUT2D eigenvalue weighted by Crippen LogP contribution is -2.26. The van der Waals surface area contributed by atoms with Crippen molar-refractivity contribution >= 4 is 28.2 Å². The maximum absolute atomic E-state index is 9.64. The molecule has 0 spiro atoms. The van der Waals surface area contributed by atoms with Gasteiger partial charge >= 0.3 is 0 Å². The van der Waals surface area contributed by atoms with Gasteiger partial charge in [-0.05, 0) is 78.1 Å².